The quantitative estimate of drug-likeness (QED) is 0.243. The van der Waals surface area contributed by atoms with Gasteiger partial charge in [-0.2, -0.15) is 5.26 Å². The molecular formula is C33H28N4O4. The van der Waals surface area contributed by atoms with E-state index in [2.05, 4.69) is 11.4 Å². The number of hydrogen-bond donors (Lipinski definition) is 1. The average molecular weight is 545 g/mol. The first-order chi connectivity index (χ1) is 19.7. The Morgan fingerprint density at radius 3 is 2.29 bits per heavy atom. The number of amides is 4. The molecule has 0 atom stereocenters. The number of urea groups is 1. The Kier molecular flexibility index (Phi) is 7.28. The summed E-state index contributed by atoms with van der Waals surface area (Å²) < 4.78 is 7.91. The molecule has 4 aromatic rings. The predicted molar refractivity (Wildman–Crippen MR) is 156 cm³/mol. The first kappa shape index (κ1) is 27.2. The number of carbonyl (C=O) groups excluding carboxylic acids is 3. The number of nitrogens with one attached hydrogen (secondary N) is 1. The Bertz CT molecular complexity index is 1770. The van der Waals surface area contributed by atoms with E-state index < -0.39 is 17.8 Å². The number of nitriles is 1. The number of benzene rings is 3. The summed E-state index contributed by atoms with van der Waals surface area (Å²) in [4.78, 5) is 39.8. The lowest BCUT2D eigenvalue weighted by molar-refractivity contribution is -0.122. The van der Waals surface area contributed by atoms with Crippen molar-refractivity contribution < 1.29 is 19.1 Å². The van der Waals surface area contributed by atoms with Crippen molar-refractivity contribution in [3.63, 3.8) is 0 Å². The van der Waals surface area contributed by atoms with Crippen LogP contribution in [0.1, 0.15) is 39.2 Å². The summed E-state index contributed by atoms with van der Waals surface area (Å²) in [5.74, 6) is -0.748. The molecule has 0 bridgehead atoms. The van der Waals surface area contributed by atoms with Crippen molar-refractivity contribution >= 4 is 29.6 Å². The summed E-state index contributed by atoms with van der Waals surface area (Å²) >= 11 is 0. The first-order valence-corrected chi connectivity index (χ1v) is 13.1. The Morgan fingerprint density at radius 2 is 1.59 bits per heavy atom. The lowest BCUT2D eigenvalue weighted by atomic mass is 10.1. The molecule has 204 valence electrons. The number of carbonyl (C=O) groups is 3. The van der Waals surface area contributed by atoms with E-state index in [0.717, 1.165) is 38.7 Å². The second kappa shape index (κ2) is 11.0. The van der Waals surface area contributed by atoms with E-state index in [1.54, 1.807) is 18.2 Å². The maximum atomic E-state index is 13.4. The van der Waals surface area contributed by atoms with Gasteiger partial charge in [0.15, 0.2) is 0 Å². The highest BCUT2D eigenvalue weighted by molar-refractivity contribution is 6.39. The van der Waals surface area contributed by atoms with Gasteiger partial charge in [0.05, 0.1) is 17.3 Å². The maximum absolute atomic E-state index is 13.4. The maximum Gasteiger partial charge on any atom is 0.335 e. The Morgan fingerprint density at radius 1 is 0.878 bits per heavy atom. The molecule has 4 amide bonds. The first-order valence-electron chi connectivity index (χ1n) is 13.1. The van der Waals surface area contributed by atoms with Crippen molar-refractivity contribution in [2.75, 3.05) is 4.90 Å². The van der Waals surface area contributed by atoms with Gasteiger partial charge in [-0.3, -0.25) is 14.9 Å². The number of imide groups is 2. The molecule has 0 spiro atoms. The molecule has 1 saturated heterocycles. The number of aromatic nitrogens is 1. The lowest BCUT2D eigenvalue weighted by Gasteiger charge is -2.26. The van der Waals surface area contributed by atoms with Gasteiger partial charge in [0.25, 0.3) is 11.8 Å². The molecule has 0 saturated carbocycles. The van der Waals surface area contributed by atoms with E-state index in [9.17, 15) is 19.6 Å². The van der Waals surface area contributed by atoms with Crippen LogP contribution in [0.3, 0.4) is 0 Å². The Balaban J connectivity index is 1.40. The topological polar surface area (TPSA) is 104 Å². The molecule has 1 N–H and O–H groups in total. The van der Waals surface area contributed by atoms with Crippen LogP contribution in [0.25, 0.3) is 11.8 Å². The van der Waals surface area contributed by atoms with Crippen molar-refractivity contribution in [2.45, 2.75) is 34.3 Å². The van der Waals surface area contributed by atoms with E-state index in [4.69, 9.17) is 4.74 Å². The second-order valence-electron chi connectivity index (χ2n) is 9.94. The van der Waals surface area contributed by atoms with Gasteiger partial charge in [0.1, 0.15) is 17.9 Å². The Labute approximate surface area is 238 Å². The Hall–Kier alpha value is -5.42. The zero-order valence-corrected chi connectivity index (χ0v) is 23.2. The third kappa shape index (κ3) is 5.25. The summed E-state index contributed by atoms with van der Waals surface area (Å²) in [6.45, 7) is 7.96. The number of barbiturate groups is 1. The van der Waals surface area contributed by atoms with Crippen LogP contribution >= 0.6 is 0 Å². The van der Waals surface area contributed by atoms with Gasteiger partial charge >= 0.3 is 6.03 Å². The van der Waals surface area contributed by atoms with Gasteiger partial charge in [0.2, 0.25) is 0 Å². The van der Waals surface area contributed by atoms with Crippen LogP contribution in [0.4, 0.5) is 10.5 Å². The molecule has 5 rings (SSSR count). The highest BCUT2D eigenvalue weighted by atomic mass is 16.5. The number of aryl methyl sites for hydroxylation is 3. The van der Waals surface area contributed by atoms with Crippen molar-refractivity contribution in [3.8, 4) is 17.5 Å². The van der Waals surface area contributed by atoms with E-state index >= 15 is 0 Å². The van der Waals surface area contributed by atoms with Crippen LogP contribution in [-0.2, 0) is 16.2 Å². The number of anilines is 1. The third-order valence-corrected chi connectivity index (χ3v) is 7.25. The summed E-state index contributed by atoms with van der Waals surface area (Å²) in [6, 6.07) is 23.4. The van der Waals surface area contributed by atoms with E-state index in [1.165, 1.54) is 6.08 Å². The molecule has 0 radical (unpaired) electrons. The van der Waals surface area contributed by atoms with Crippen LogP contribution in [-0.4, -0.2) is 22.4 Å². The van der Waals surface area contributed by atoms with Gasteiger partial charge in [-0.1, -0.05) is 24.3 Å². The fourth-order valence-corrected chi connectivity index (χ4v) is 4.85. The summed E-state index contributed by atoms with van der Waals surface area (Å²) in [5.41, 5.74) is 6.91. The molecule has 1 aliphatic rings. The number of rotatable bonds is 6. The number of hydrogen-bond acceptors (Lipinski definition) is 5. The number of ether oxygens (including phenoxy) is 1. The van der Waals surface area contributed by atoms with Crippen molar-refractivity contribution in [1.29, 1.82) is 5.26 Å². The largest absolute Gasteiger partial charge is 0.489 e. The van der Waals surface area contributed by atoms with E-state index in [0.29, 0.717) is 22.6 Å². The van der Waals surface area contributed by atoms with E-state index in [1.807, 2.05) is 86.9 Å². The minimum atomic E-state index is -0.774. The van der Waals surface area contributed by atoms with Gasteiger partial charge in [-0.05, 0) is 99.0 Å². The third-order valence-electron chi connectivity index (χ3n) is 7.25. The summed E-state index contributed by atoms with van der Waals surface area (Å²) in [6.07, 6.45) is 1.53. The van der Waals surface area contributed by atoms with Crippen LogP contribution in [0, 0.1) is 39.0 Å². The normalized spacial score (nSPS) is 14.3. The standard InChI is InChI=1S/C33H28N4O4/c1-20-9-10-28(15-21(20)2)37-32(39)30(31(38)35-33(37)40)17-26-16-22(3)36(23(26)4)27-11-13-29(14-12-27)41-19-25-8-6-5-7-24(25)18-34/h5-17H,19H2,1-4H3,(H,35,38,40)/b30-17+. The highest BCUT2D eigenvalue weighted by Gasteiger charge is 2.37. The fraction of sp³-hybridized carbons (Fsp3) is 0.152. The van der Waals surface area contributed by atoms with Gasteiger partial charge in [0, 0.05) is 22.6 Å². The van der Waals surface area contributed by atoms with Crippen molar-refractivity contribution in [3.05, 3.63) is 118 Å². The monoisotopic (exact) mass is 544 g/mol. The highest BCUT2D eigenvalue weighted by Crippen LogP contribution is 2.28. The van der Waals surface area contributed by atoms with E-state index in [-0.39, 0.29) is 12.2 Å². The molecule has 41 heavy (non-hydrogen) atoms. The van der Waals surface area contributed by atoms with Gasteiger partial charge < -0.3 is 9.30 Å². The van der Waals surface area contributed by atoms with Gasteiger partial charge in [-0.15, -0.1) is 0 Å². The zero-order valence-electron chi connectivity index (χ0n) is 23.2. The number of nitrogens with zero attached hydrogens (tertiary/aromatic N) is 3. The van der Waals surface area contributed by atoms with Crippen LogP contribution in [0.5, 0.6) is 5.75 Å². The molecule has 8 nitrogen and oxygen atoms in total. The van der Waals surface area contributed by atoms with Crippen LogP contribution in [0.15, 0.2) is 78.4 Å². The molecule has 2 heterocycles. The molecule has 1 aromatic heterocycles. The molecule has 1 fully saturated rings. The fourth-order valence-electron chi connectivity index (χ4n) is 4.85. The zero-order chi connectivity index (χ0) is 29.3. The van der Waals surface area contributed by atoms with Crippen molar-refractivity contribution in [1.82, 2.24) is 9.88 Å². The summed E-state index contributed by atoms with van der Waals surface area (Å²) in [7, 11) is 0. The lowest BCUT2D eigenvalue weighted by Crippen LogP contribution is -2.54. The van der Waals surface area contributed by atoms with Crippen LogP contribution in [0.2, 0.25) is 0 Å². The van der Waals surface area contributed by atoms with Gasteiger partial charge in [-0.25, -0.2) is 9.69 Å². The molecule has 8 heteroatoms. The SMILES string of the molecule is Cc1ccc(N2C(=O)NC(=O)/C(=C\c3cc(C)n(-c4ccc(OCc5ccccc5C#N)cc4)c3C)C2=O)cc1C. The minimum absolute atomic E-state index is 0.121. The molecule has 0 unspecified atom stereocenters. The second-order valence-corrected chi connectivity index (χ2v) is 9.94. The summed E-state index contributed by atoms with van der Waals surface area (Å²) in [5, 5.41) is 11.6. The van der Waals surface area contributed by atoms with Crippen molar-refractivity contribution in [2.24, 2.45) is 0 Å². The average Bonchev–Trinajstić information content (AvgIpc) is 3.24. The molecule has 3 aromatic carbocycles. The molecule has 0 aliphatic carbocycles. The molecular weight excluding hydrogens is 516 g/mol. The minimum Gasteiger partial charge on any atom is -0.489 e. The van der Waals surface area contributed by atoms with Crippen LogP contribution < -0.4 is 15.0 Å². The molecule has 1 aliphatic heterocycles. The smallest absolute Gasteiger partial charge is 0.335 e. The predicted octanol–water partition coefficient (Wildman–Crippen LogP) is 5.83.